The number of nitrogens with one attached hydrogen (secondary N) is 1. The molecule has 1 saturated heterocycles. The molecule has 1 aromatic carbocycles. The van der Waals surface area contributed by atoms with Gasteiger partial charge in [0.05, 0.1) is 11.1 Å². The van der Waals surface area contributed by atoms with E-state index in [4.69, 9.17) is 0 Å². The average Bonchev–Trinajstić information content (AvgIpc) is 2.48. The first kappa shape index (κ1) is 25.2. The smallest absolute Gasteiger partial charge is 0.314 e. The van der Waals surface area contributed by atoms with Crippen LogP contribution in [-0.4, -0.2) is 31.1 Å². The number of rotatable bonds is 3. The fraction of sp³-hybridized carbons (Fsp3) is 0.600. The van der Waals surface area contributed by atoms with Crippen LogP contribution in [0.15, 0.2) is 12.1 Å². The molecule has 0 amide bonds. The van der Waals surface area contributed by atoms with Crippen LogP contribution in [0.5, 0.6) is 0 Å². The minimum atomic E-state index is -5.07. The Morgan fingerprint density at radius 1 is 1.00 bits per heavy atom. The van der Waals surface area contributed by atoms with E-state index in [-0.39, 0.29) is 43.4 Å². The Hall–Kier alpha value is -0.770. The molecule has 1 fully saturated rings. The Kier molecular flexibility index (Phi) is 9.15. The summed E-state index contributed by atoms with van der Waals surface area (Å²) in [6.45, 7) is 3.44. The summed E-state index contributed by atoms with van der Waals surface area (Å²) in [7, 11) is 0. The molecule has 152 valence electrons. The van der Waals surface area contributed by atoms with Crippen molar-refractivity contribution in [2.75, 3.05) is 26.2 Å². The van der Waals surface area contributed by atoms with Crippen LogP contribution in [-0.2, 0) is 12.4 Å². The highest BCUT2D eigenvalue weighted by Crippen LogP contribution is 2.42. The molecule has 26 heavy (non-hydrogen) atoms. The van der Waals surface area contributed by atoms with Crippen LogP contribution in [0, 0.1) is 5.82 Å². The first-order valence-electron chi connectivity index (χ1n) is 7.48. The van der Waals surface area contributed by atoms with Crippen LogP contribution in [0.4, 0.5) is 30.7 Å². The van der Waals surface area contributed by atoms with Crippen molar-refractivity contribution >= 4 is 24.8 Å². The summed E-state index contributed by atoms with van der Waals surface area (Å²) in [5, 5.41) is 3.03. The molecule has 0 spiro atoms. The second-order valence-corrected chi connectivity index (χ2v) is 5.62. The van der Waals surface area contributed by atoms with Crippen LogP contribution in [0.2, 0.25) is 0 Å². The van der Waals surface area contributed by atoms with Crippen molar-refractivity contribution in [2.24, 2.45) is 0 Å². The Labute approximate surface area is 158 Å². The van der Waals surface area contributed by atoms with Gasteiger partial charge in [0, 0.05) is 37.8 Å². The average molecular weight is 431 g/mol. The maximum Gasteiger partial charge on any atom is 0.416 e. The topological polar surface area (TPSA) is 15.3 Å². The minimum Gasteiger partial charge on any atom is -0.314 e. The van der Waals surface area contributed by atoms with E-state index in [1.54, 1.807) is 11.8 Å². The molecule has 1 N–H and O–H groups in total. The van der Waals surface area contributed by atoms with Gasteiger partial charge in [0.2, 0.25) is 0 Å². The maximum absolute atomic E-state index is 14.3. The molecule has 0 saturated carbocycles. The molecule has 1 aliphatic heterocycles. The Morgan fingerprint density at radius 3 is 1.96 bits per heavy atom. The Bertz CT molecular complexity index is 585. The molecule has 0 aliphatic carbocycles. The van der Waals surface area contributed by atoms with E-state index < -0.39 is 40.9 Å². The second-order valence-electron chi connectivity index (χ2n) is 5.62. The van der Waals surface area contributed by atoms with E-state index >= 15 is 0 Å². The second kappa shape index (κ2) is 9.43. The van der Waals surface area contributed by atoms with Crippen LogP contribution in [0.3, 0.4) is 0 Å². The zero-order valence-electron chi connectivity index (χ0n) is 13.7. The van der Waals surface area contributed by atoms with Gasteiger partial charge in [0.15, 0.2) is 0 Å². The largest absolute Gasteiger partial charge is 0.416 e. The monoisotopic (exact) mass is 430 g/mol. The number of halogens is 9. The molecule has 0 radical (unpaired) electrons. The number of nitrogens with zero attached hydrogens (tertiary/aromatic N) is 1. The van der Waals surface area contributed by atoms with E-state index in [0.29, 0.717) is 26.2 Å². The van der Waals surface area contributed by atoms with Crippen molar-refractivity contribution in [3.63, 3.8) is 0 Å². The van der Waals surface area contributed by atoms with Crippen molar-refractivity contribution in [2.45, 2.75) is 31.7 Å². The number of benzene rings is 1. The highest BCUT2D eigenvalue weighted by atomic mass is 35.5. The molecule has 2 rings (SSSR count). The summed E-state index contributed by atoms with van der Waals surface area (Å²) in [6.07, 6.45) is -9.96. The lowest BCUT2D eigenvalue weighted by Gasteiger charge is -2.36. The fourth-order valence-electron chi connectivity index (χ4n) is 2.99. The SMILES string of the molecule is CC[C@H](c1c(F)cc(C(F)(F)F)cc1C(F)(F)F)N1CCNCC1.Cl.Cl. The van der Waals surface area contributed by atoms with Gasteiger partial charge in [-0.15, -0.1) is 24.8 Å². The third-order valence-corrected chi connectivity index (χ3v) is 4.07. The molecule has 0 bridgehead atoms. The van der Waals surface area contributed by atoms with E-state index in [2.05, 4.69) is 5.32 Å². The molecule has 1 heterocycles. The van der Waals surface area contributed by atoms with E-state index in [0.717, 1.165) is 0 Å². The third kappa shape index (κ3) is 5.61. The van der Waals surface area contributed by atoms with Gasteiger partial charge in [0.1, 0.15) is 5.82 Å². The van der Waals surface area contributed by atoms with Gasteiger partial charge in [-0.2, -0.15) is 26.3 Å². The Morgan fingerprint density at radius 2 is 1.54 bits per heavy atom. The number of hydrogen-bond acceptors (Lipinski definition) is 2. The van der Waals surface area contributed by atoms with Crippen LogP contribution in [0.1, 0.15) is 36.1 Å². The molecule has 1 atom stereocenters. The Balaban J connectivity index is 0.00000312. The summed E-state index contributed by atoms with van der Waals surface area (Å²) in [6, 6.07) is -0.774. The summed E-state index contributed by atoms with van der Waals surface area (Å²) < 4.78 is 92.5. The van der Waals surface area contributed by atoms with Crippen molar-refractivity contribution in [1.29, 1.82) is 0 Å². The van der Waals surface area contributed by atoms with Gasteiger partial charge < -0.3 is 5.32 Å². The van der Waals surface area contributed by atoms with Crippen molar-refractivity contribution in [1.82, 2.24) is 10.2 Å². The third-order valence-electron chi connectivity index (χ3n) is 4.07. The summed E-state index contributed by atoms with van der Waals surface area (Å²) in [5.74, 6) is -1.47. The molecule has 11 heteroatoms. The highest BCUT2D eigenvalue weighted by Gasteiger charge is 2.42. The van der Waals surface area contributed by atoms with Crippen molar-refractivity contribution in [3.05, 3.63) is 34.6 Å². The van der Waals surface area contributed by atoms with E-state index in [9.17, 15) is 30.7 Å². The molecule has 0 aromatic heterocycles. The van der Waals surface area contributed by atoms with Crippen LogP contribution >= 0.6 is 24.8 Å². The van der Waals surface area contributed by atoms with Gasteiger partial charge in [0.25, 0.3) is 0 Å². The zero-order chi connectivity index (χ0) is 18.1. The van der Waals surface area contributed by atoms with Gasteiger partial charge in [-0.25, -0.2) is 4.39 Å². The van der Waals surface area contributed by atoms with Crippen molar-refractivity contribution in [3.8, 4) is 0 Å². The fourth-order valence-corrected chi connectivity index (χ4v) is 2.99. The van der Waals surface area contributed by atoms with Crippen LogP contribution < -0.4 is 5.32 Å². The lowest BCUT2D eigenvalue weighted by Crippen LogP contribution is -2.45. The molecule has 0 unspecified atom stereocenters. The number of piperazine rings is 1. The molecule has 1 aliphatic rings. The first-order valence-corrected chi connectivity index (χ1v) is 7.48. The lowest BCUT2D eigenvalue weighted by molar-refractivity contribution is -0.144. The molecular weight excluding hydrogens is 412 g/mol. The number of hydrogen-bond donors (Lipinski definition) is 1. The number of alkyl halides is 6. The summed E-state index contributed by atoms with van der Waals surface area (Å²) in [5.41, 5.74) is -3.90. The van der Waals surface area contributed by atoms with E-state index in [1.165, 1.54) is 0 Å². The summed E-state index contributed by atoms with van der Waals surface area (Å²) >= 11 is 0. The van der Waals surface area contributed by atoms with Gasteiger partial charge in [-0.3, -0.25) is 4.90 Å². The quantitative estimate of drug-likeness (QED) is 0.673. The van der Waals surface area contributed by atoms with Crippen molar-refractivity contribution < 1.29 is 30.7 Å². The van der Waals surface area contributed by atoms with Gasteiger partial charge in [-0.1, -0.05) is 6.92 Å². The van der Waals surface area contributed by atoms with Gasteiger partial charge >= 0.3 is 12.4 Å². The first-order chi connectivity index (χ1) is 11.1. The lowest BCUT2D eigenvalue weighted by atomic mass is 9.93. The standard InChI is InChI=1S/C15H17F7N2.2ClH/c1-2-12(24-5-3-23-4-6-24)13-10(15(20,21)22)7-9(8-11(13)16)14(17,18)19;;/h7-8,12,23H,2-6H2,1H3;2*1H/t12-;;/m1../s1. The molecular formula is C15H19Cl2F7N2. The molecule has 2 nitrogen and oxygen atoms in total. The molecule has 1 aromatic rings. The van der Waals surface area contributed by atoms with Gasteiger partial charge in [-0.05, 0) is 18.6 Å². The summed E-state index contributed by atoms with van der Waals surface area (Å²) in [4.78, 5) is 1.66. The van der Waals surface area contributed by atoms with Crippen LogP contribution in [0.25, 0.3) is 0 Å². The minimum absolute atomic E-state index is 0. The highest BCUT2D eigenvalue weighted by molar-refractivity contribution is 5.85. The normalized spacial score (nSPS) is 17.2. The maximum atomic E-state index is 14.3. The predicted octanol–water partition coefficient (Wildman–Crippen LogP) is 5.06. The predicted molar refractivity (Wildman–Crippen MR) is 88.4 cm³/mol. The van der Waals surface area contributed by atoms with E-state index in [1.807, 2.05) is 0 Å². The zero-order valence-corrected chi connectivity index (χ0v) is 15.3.